The molecule has 2 saturated heterocycles. The fraction of sp³-hybridized carbons (Fsp3) is 0.818. The molecule has 2 bridgehead atoms. The summed E-state index contributed by atoms with van der Waals surface area (Å²) in [4.78, 5) is 23.3. The van der Waals surface area contributed by atoms with Crippen LogP contribution in [0.2, 0.25) is 0 Å². The number of Topliss-reactive ketones (excluding diaryl/α,β-unsaturated/α-hetero) is 1. The SMILES string of the molecule is CC(F)OC(=O)[N+]1(C)C2CCC1CC(=O)C2. The van der Waals surface area contributed by atoms with Crippen LogP contribution in [-0.2, 0) is 9.53 Å². The van der Waals surface area contributed by atoms with Gasteiger partial charge in [-0.1, -0.05) is 0 Å². The number of amides is 1. The molecule has 5 heteroatoms. The Kier molecular flexibility index (Phi) is 2.74. The molecule has 0 aromatic rings. The molecule has 0 radical (unpaired) electrons. The minimum Gasteiger partial charge on any atom is -0.386 e. The van der Waals surface area contributed by atoms with Crippen LogP contribution in [0.3, 0.4) is 0 Å². The van der Waals surface area contributed by atoms with Gasteiger partial charge in [-0.3, -0.25) is 4.79 Å². The number of nitrogens with zero attached hydrogens (tertiary/aromatic N) is 1. The summed E-state index contributed by atoms with van der Waals surface area (Å²) >= 11 is 0. The zero-order valence-electron chi connectivity index (χ0n) is 9.61. The largest absolute Gasteiger partial charge is 0.518 e. The van der Waals surface area contributed by atoms with Gasteiger partial charge in [0.05, 0.1) is 19.9 Å². The summed E-state index contributed by atoms with van der Waals surface area (Å²) in [5, 5.41) is 0. The van der Waals surface area contributed by atoms with E-state index in [2.05, 4.69) is 4.74 Å². The molecule has 2 heterocycles. The molecule has 2 aliphatic rings. The van der Waals surface area contributed by atoms with Crippen molar-refractivity contribution < 1.29 is 23.2 Å². The van der Waals surface area contributed by atoms with E-state index in [4.69, 9.17) is 0 Å². The molecule has 2 aliphatic heterocycles. The number of alkyl halides is 1. The number of piperidine rings is 1. The third kappa shape index (κ3) is 1.63. The first kappa shape index (κ1) is 11.5. The first-order chi connectivity index (χ1) is 7.44. The summed E-state index contributed by atoms with van der Waals surface area (Å²) in [5.41, 5.74) is 0. The summed E-state index contributed by atoms with van der Waals surface area (Å²) in [5.74, 6) is 0.212. The number of fused-ring (bicyclic) bond motifs is 2. The van der Waals surface area contributed by atoms with E-state index in [0.717, 1.165) is 12.8 Å². The number of rotatable bonds is 1. The van der Waals surface area contributed by atoms with Crippen molar-refractivity contribution in [1.29, 1.82) is 0 Å². The van der Waals surface area contributed by atoms with E-state index in [1.807, 2.05) is 0 Å². The molecule has 2 rings (SSSR count). The highest BCUT2D eigenvalue weighted by Gasteiger charge is 2.57. The molecule has 3 atom stereocenters. The van der Waals surface area contributed by atoms with Crippen molar-refractivity contribution in [1.82, 2.24) is 0 Å². The van der Waals surface area contributed by atoms with Crippen LogP contribution in [0.25, 0.3) is 0 Å². The lowest BCUT2D eigenvalue weighted by Gasteiger charge is -2.39. The van der Waals surface area contributed by atoms with E-state index >= 15 is 0 Å². The average molecular weight is 230 g/mol. The fourth-order valence-electron chi connectivity index (χ4n) is 2.96. The van der Waals surface area contributed by atoms with Gasteiger partial charge in [0.1, 0.15) is 17.9 Å². The summed E-state index contributed by atoms with van der Waals surface area (Å²) in [7, 11) is 1.76. The molecule has 0 spiro atoms. The van der Waals surface area contributed by atoms with Crippen LogP contribution in [0.15, 0.2) is 0 Å². The highest BCUT2D eigenvalue weighted by atomic mass is 19.1. The number of hydrogen-bond donors (Lipinski definition) is 0. The smallest absolute Gasteiger partial charge is 0.386 e. The second kappa shape index (κ2) is 3.80. The predicted octanol–water partition coefficient (Wildman–Crippen LogP) is 1.78. The van der Waals surface area contributed by atoms with Crippen LogP contribution >= 0.6 is 0 Å². The van der Waals surface area contributed by atoms with Crippen LogP contribution in [-0.4, -0.2) is 41.8 Å². The van der Waals surface area contributed by atoms with Crippen LogP contribution in [0.5, 0.6) is 0 Å². The number of ketones is 1. The third-order valence-electron chi connectivity index (χ3n) is 3.93. The Morgan fingerprint density at radius 3 is 2.38 bits per heavy atom. The second-order valence-corrected chi connectivity index (χ2v) is 4.91. The van der Waals surface area contributed by atoms with Gasteiger partial charge in [0.2, 0.25) is 6.36 Å². The van der Waals surface area contributed by atoms with Crippen molar-refractivity contribution in [2.24, 2.45) is 0 Å². The Balaban J connectivity index is 2.19. The van der Waals surface area contributed by atoms with Gasteiger partial charge >= 0.3 is 6.09 Å². The number of carbonyl (C=O) groups is 2. The quantitative estimate of drug-likeness (QED) is 0.645. The molecule has 3 unspecified atom stereocenters. The molecule has 0 N–H and O–H groups in total. The third-order valence-corrected chi connectivity index (χ3v) is 3.93. The maximum atomic E-state index is 12.7. The van der Waals surface area contributed by atoms with Gasteiger partial charge in [0.25, 0.3) is 0 Å². The Hall–Kier alpha value is -0.970. The predicted molar refractivity (Wildman–Crippen MR) is 54.3 cm³/mol. The van der Waals surface area contributed by atoms with Crippen LogP contribution in [0.1, 0.15) is 32.6 Å². The topological polar surface area (TPSA) is 43.4 Å². The molecule has 0 saturated carbocycles. The van der Waals surface area contributed by atoms with Crippen molar-refractivity contribution in [3.05, 3.63) is 0 Å². The van der Waals surface area contributed by atoms with Gasteiger partial charge in [-0.05, 0) is 0 Å². The van der Waals surface area contributed by atoms with Crippen molar-refractivity contribution in [2.45, 2.75) is 51.0 Å². The molecule has 2 fully saturated rings. The molecule has 90 valence electrons. The van der Waals surface area contributed by atoms with E-state index in [0.29, 0.717) is 12.8 Å². The first-order valence-electron chi connectivity index (χ1n) is 5.67. The summed E-state index contributed by atoms with van der Waals surface area (Å²) < 4.78 is 17.5. The Bertz CT molecular complexity index is 313. The van der Waals surface area contributed by atoms with Crippen LogP contribution in [0, 0.1) is 0 Å². The summed E-state index contributed by atoms with van der Waals surface area (Å²) in [6.45, 7) is 1.20. The van der Waals surface area contributed by atoms with Gasteiger partial charge in [0, 0.05) is 19.8 Å². The van der Waals surface area contributed by atoms with Crippen molar-refractivity contribution in [3.8, 4) is 0 Å². The standard InChI is InChI=1S/C11H17FNO3/c1-7(12)16-11(15)13(2)8-3-4-9(13)6-10(14)5-8/h7-9H,3-6H2,1-2H3/q+1. The number of ether oxygens (including phenoxy) is 1. The minimum absolute atomic E-state index is 0.0162. The Labute approximate surface area is 93.9 Å². The number of quaternary nitrogens is 1. The Morgan fingerprint density at radius 1 is 1.44 bits per heavy atom. The first-order valence-corrected chi connectivity index (χ1v) is 5.67. The lowest BCUT2D eigenvalue weighted by Crippen LogP contribution is -2.61. The van der Waals surface area contributed by atoms with Crippen molar-refractivity contribution in [3.63, 3.8) is 0 Å². The highest BCUT2D eigenvalue weighted by molar-refractivity contribution is 5.81. The van der Waals surface area contributed by atoms with E-state index in [-0.39, 0.29) is 22.3 Å². The Morgan fingerprint density at radius 2 is 1.94 bits per heavy atom. The van der Waals surface area contributed by atoms with Gasteiger partial charge in [0.15, 0.2) is 0 Å². The maximum Gasteiger partial charge on any atom is 0.518 e. The van der Waals surface area contributed by atoms with Gasteiger partial charge in [-0.15, -0.1) is 0 Å². The molecular weight excluding hydrogens is 213 g/mol. The summed E-state index contributed by atoms with van der Waals surface area (Å²) in [6.07, 6.45) is 0.422. The minimum atomic E-state index is -1.58. The molecule has 0 aliphatic carbocycles. The van der Waals surface area contributed by atoms with Gasteiger partial charge in [-0.2, -0.15) is 4.79 Å². The number of halogens is 1. The molecule has 0 aromatic carbocycles. The molecule has 4 nitrogen and oxygen atoms in total. The molecule has 1 amide bonds. The highest BCUT2D eigenvalue weighted by Crippen LogP contribution is 2.40. The number of hydrogen-bond acceptors (Lipinski definition) is 3. The van der Waals surface area contributed by atoms with Gasteiger partial charge < -0.3 is 4.74 Å². The van der Waals surface area contributed by atoms with Crippen molar-refractivity contribution in [2.75, 3.05) is 7.05 Å². The van der Waals surface area contributed by atoms with E-state index in [9.17, 15) is 14.0 Å². The van der Waals surface area contributed by atoms with Crippen LogP contribution in [0.4, 0.5) is 9.18 Å². The molecular formula is C11H17FNO3+. The molecule has 0 aromatic heterocycles. The van der Waals surface area contributed by atoms with E-state index < -0.39 is 12.5 Å². The summed E-state index contributed by atoms with van der Waals surface area (Å²) in [6, 6.07) is -0.0324. The zero-order chi connectivity index (χ0) is 11.9. The normalized spacial score (nSPS) is 39.6. The van der Waals surface area contributed by atoms with E-state index in [1.165, 1.54) is 6.92 Å². The molecule has 16 heavy (non-hydrogen) atoms. The second-order valence-electron chi connectivity index (χ2n) is 4.91. The lowest BCUT2D eigenvalue weighted by atomic mass is 9.99. The van der Waals surface area contributed by atoms with E-state index in [1.54, 1.807) is 7.05 Å². The number of carbonyl (C=O) groups excluding carboxylic acids is 2. The monoisotopic (exact) mass is 230 g/mol. The lowest BCUT2D eigenvalue weighted by molar-refractivity contribution is -0.876. The van der Waals surface area contributed by atoms with Crippen LogP contribution < -0.4 is 0 Å². The average Bonchev–Trinajstić information content (AvgIpc) is 2.38. The fourth-order valence-corrected chi connectivity index (χ4v) is 2.96. The van der Waals surface area contributed by atoms with Crippen molar-refractivity contribution >= 4 is 11.9 Å². The maximum absolute atomic E-state index is 12.7. The zero-order valence-corrected chi connectivity index (χ0v) is 9.61. The van der Waals surface area contributed by atoms with Gasteiger partial charge in [-0.25, -0.2) is 8.87 Å².